The Bertz CT molecular complexity index is 750. The van der Waals surface area contributed by atoms with Crippen LogP contribution in [0.2, 0.25) is 0 Å². The second kappa shape index (κ2) is 7.37. The van der Waals surface area contributed by atoms with Crippen molar-refractivity contribution in [2.45, 2.75) is 51.0 Å². The number of rotatable bonds is 6. The van der Waals surface area contributed by atoms with Gasteiger partial charge in [0.15, 0.2) is 12.3 Å². The van der Waals surface area contributed by atoms with E-state index in [-0.39, 0.29) is 24.6 Å². The van der Waals surface area contributed by atoms with Crippen LogP contribution < -0.4 is 4.74 Å². The first-order valence-electron chi connectivity index (χ1n) is 9.93. The van der Waals surface area contributed by atoms with E-state index in [1.165, 1.54) is 7.11 Å². The molecule has 0 N–H and O–H groups in total. The number of amides is 1. The summed E-state index contributed by atoms with van der Waals surface area (Å²) in [6.07, 6.45) is 1.40. The second-order valence-electron chi connectivity index (χ2n) is 8.18. The monoisotopic (exact) mass is 388 g/mol. The lowest BCUT2D eigenvalue weighted by Crippen LogP contribution is -2.50. The Labute approximate surface area is 165 Å². The van der Waals surface area contributed by atoms with Gasteiger partial charge in [0.05, 0.1) is 25.8 Å². The van der Waals surface area contributed by atoms with Crippen molar-refractivity contribution in [2.24, 2.45) is 5.92 Å². The molecule has 4 rings (SSSR count). The summed E-state index contributed by atoms with van der Waals surface area (Å²) in [5.41, 5.74) is 0.710. The summed E-state index contributed by atoms with van der Waals surface area (Å²) in [6, 6.07) is 8.01. The molecule has 3 heterocycles. The second-order valence-corrected chi connectivity index (χ2v) is 8.18. The van der Waals surface area contributed by atoms with Crippen molar-refractivity contribution in [3.05, 3.63) is 29.8 Å². The van der Waals surface area contributed by atoms with Gasteiger partial charge in [-0.1, -0.05) is 26.0 Å². The predicted molar refractivity (Wildman–Crippen MR) is 102 cm³/mol. The maximum Gasteiger partial charge on any atom is 0.343 e. The summed E-state index contributed by atoms with van der Waals surface area (Å²) < 4.78 is 16.3. The van der Waals surface area contributed by atoms with E-state index in [9.17, 15) is 9.59 Å². The van der Waals surface area contributed by atoms with Crippen LogP contribution in [0.4, 0.5) is 0 Å². The molecular weight excluding hydrogens is 360 g/mol. The quantitative estimate of drug-likeness (QED) is 0.693. The van der Waals surface area contributed by atoms with Crippen molar-refractivity contribution < 1.29 is 23.8 Å². The Balaban J connectivity index is 1.42. The number of esters is 1. The lowest BCUT2D eigenvalue weighted by Gasteiger charge is -2.34. The summed E-state index contributed by atoms with van der Waals surface area (Å²) in [5.74, 6) is 0.845. The molecule has 28 heavy (non-hydrogen) atoms. The maximum absolute atomic E-state index is 12.7. The molecule has 7 heteroatoms. The van der Waals surface area contributed by atoms with E-state index >= 15 is 0 Å². The molecule has 0 saturated carbocycles. The first kappa shape index (κ1) is 19.2. The number of methoxy groups -OCH3 is 1. The molecule has 0 aliphatic carbocycles. The third-order valence-corrected chi connectivity index (χ3v) is 6.26. The first-order chi connectivity index (χ1) is 13.4. The summed E-state index contributed by atoms with van der Waals surface area (Å²) in [6.45, 7) is 6.54. The summed E-state index contributed by atoms with van der Waals surface area (Å²) >= 11 is 0. The number of carbonyl (C=O) groups is 2. The zero-order chi connectivity index (χ0) is 19.9. The summed E-state index contributed by atoms with van der Waals surface area (Å²) in [5, 5.41) is 0. The van der Waals surface area contributed by atoms with Gasteiger partial charge in [0.1, 0.15) is 5.75 Å². The fourth-order valence-electron chi connectivity index (χ4n) is 4.77. The number of hydrogen-bond acceptors (Lipinski definition) is 6. The van der Waals surface area contributed by atoms with Gasteiger partial charge in [-0.2, -0.15) is 0 Å². The standard InChI is InChI=1S/C21H28N2O5/c1-14(2)17-12-28-21-8-9-22(18(21)10-19(24)23(17)21)11-15-4-6-16(7-5-15)27-13-20(25)26-3/h4-7,14,17-18H,8-13H2,1-3H3/t17-,18+,21-/m0/s1. The third-order valence-electron chi connectivity index (χ3n) is 6.26. The summed E-state index contributed by atoms with van der Waals surface area (Å²) in [7, 11) is 1.34. The smallest absolute Gasteiger partial charge is 0.343 e. The zero-order valence-corrected chi connectivity index (χ0v) is 16.7. The minimum absolute atomic E-state index is 0.0983. The molecule has 3 aliphatic rings. The van der Waals surface area contributed by atoms with E-state index in [1.807, 2.05) is 29.2 Å². The highest BCUT2D eigenvalue weighted by Gasteiger charge is 2.64. The minimum Gasteiger partial charge on any atom is -0.482 e. The lowest BCUT2D eigenvalue weighted by atomic mass is 10.0. The topological polar surface area (TPSA) is 68.3 Å². The molecule has 0 aromatic heterocycles. The van der Waals surface area contributed by atoms with E-state index in [2.05, 4.69) is 23.5 Å². The van der Waals surface area contributed by atoms with Crippen LogP contribution >= 0.6 is 0 Å². The van der Waals surface area contributed by atoms with E-state index < -0.39 is 11.7 Å². The molecule has 3 aliphatic heterocycles. The van der Waals surface area contributed by atoms with E-state index in [0.717, 1.165) is 25.1 Å². The molecule has 0 bridgehead atoms. The average molecular weight is 388 g/mol. The Kier molecular flexibility index (Phi) is 5.05. The molecule has 152 valence electrons. The van der Waals surface area contributed by atoms with Crippen LogP contribution in [-0.4, -0.2) is 66.4 Å². The Morgan fingerprint density at radius 2 is 2.07 bits per heavy atom. The van der Waals surface area contributed by atoms with Gasteiger partial charge in [0, 0.05) is 25.9 Å². The van der Waals surface area contributed by atoms with Gasteiger partial charge < -0.3 is 19.1 Å². The van der Waals surface area contributed by atoms with Gasteiger partial charge in [-0.15, -0.1) is 0 Å². The Hall–Kier alpha value is -2.12. The largest absolute Gasteiger partial charge is 0.482 e. The van der Waals surface area contributed by atoms with Crippen molar-refractivity contribution in [3.63, 3.8) is 0 Å². The molecular formula is C21H28N2O5. The third kappa shape index (κ3) is 3.16. The maximum atomic E-state index is 12.7. The number of nitrogens with zero attached hydrogens (tertiary/aromatic N) is 2. The highest BCUT2D eigenvalue weighted by Crippen LogP contribution is 2.49. The van der Waals surface area contributed by atoms with Gasteiger partial charge in [-0.25, -0.2) is 4.79 Å². The highest BCUT2D eigenvalue weighted by atomic mass is 16.6. The molecule has 3 saturated heterocycles. The van der Waals surface area contributed by atoms with E-state index in [0.29, 0.717) is 24.7 Å². The van der Waals surface area contributed by atoms with Crippen molar-refractivity contribution in [2.75, 3.05) is 26.9 Å². The Morgan fingerprint density at radius 1 is 1.32 bits per heavy atom. The van der Waals surface area contributed by atoms with Gasteiger partial charge in [-0.3, -0.25) is 9.69 Å². The molecule has 1 amide bonds. The molecule has 0 radical (unpaired) electrons. The van der Waals surface area contributed by atoms with Crippen molar-refractivity contribution in [1.29, 1.82) is 0 Å². The van der Waals surface area contributed by atoms with Crippen LogP contribution in [0, 0.1) is 5.92 Å². The van der Waals surface area contributed by atoms with Gasteiger partial charge in [0.2, 0.25) is 5.91 Å². The van der Waals surface area contributed by atoms with Gasteiger partial charge in [-0.05, 0) is 23.6 Å². The Morgan fingerprint density at radius 3 is 2.75 bits per heavy atom. The van der Waals surface area contributed by atoms with Crippen LogP contribution in [0.15, 0.2) is 24.3 Å². The molecule has 3 fully saturated rings. The van der Waals surface area contributed by atoms with E-state index in [4.69, 9.17) is 9.47 Å². The fraction of sp³-hybridized carbons (Fsp3) is 0.619. The van der Waals surface area contributed by atoms with Crippen LogP contribution in [0.25, 0.3) is 0 Å². The van der Waals surface area contributed by atoms with Gasteiger partial charge >= 0.3 is 5.97 Å². The molecule has 1 spiro atoms. The van der Waals surface area contributed by atoms with Crippen LogP contribution in [0.3, 0.4) is 0 Å². The van der Waals surface area contributed by atoms with Gasteiger partial charge in [0.25, 0.3) is 0 Å². The average Bonchev–Trinajstić information content (AvgIpc) is 3.31. The number of benzene rings is 1. The number of carbonyl (C=O) groups excluding carboxylic acids is 2. The van der Waals surface area contributed by atoms with E-state index in [1.54, 1.807) is 0 Å². The molecule has 7 nitrogen and oxygen atoms in total. The van der Waals surface area contributed by atoms with Crippen molar-refractivity contribution in [3.8, 4) is 5.75 Å². The zero-order valence-electron chi connectivity index (χ0n) is 16.7. The van der Waals surface area contributed by atoms with Crippen molar-refractivity contribution >= 4 is 11.9 Å². The minimum atomic E-state index is -0.435. The normalized spacial score (nSPS) is 29.3. The fourth-order valence-corrected chi connectivity index (χ4v) is 4.77. The summed E-state index contributed by atoms with van der Waals surface area (Å²) in [4.78, 5) is 28.3. The molecule has 1 aromatic carbocycles. The molecule has 0 unspecified atom stereocenters. The van der Waals surface area contributed by atoms with Crippen LogP contribution in [0.1, 0.15) is 32.3 Å². The first-order valence-corrected chi connectivity index (χ1v) is 9.93. The molecule has 1 aromatic rings. The highest BCUT2D eigenvalue weighted by molar-refractivity contribution is 5.82. The van der Waals surface area contributed by atoms with Crippen LogP contribution in [0.5, 0.6) is 5.75 Å². The predicted octanol–water partition coefficient (Wildman–Crippen LogP) is 1.80. The number of hydrogen-bond donors (Lipinski definition) is 0. The number of ether oxygens (including phenoxy) is 3. The van der Waals surface area contributed by atoms with Crippen LogP contribution in [-0.2, 0) is 25.6 Å². The number of likely N-dealkylation sites (tertiary alicyclic amines) is 1. The van der Waals surface area contributed by atoms with Crippen molar-refractivity contribution in [1.82, 2.24) is 9.80 Å². The molecule has 3 atom stereocenters. The lowest BCUT2D eigenvalue weighted by molar-refractivity contribution is -0.143. The SMILES string of the molecule is COC(=O)COc1ccc(CN2CC[C@@]34OC[C@@H](C(C)C)N3C(=O)C[C@@H]24)cc1.